The molecule has 0 bridgehead atoms. The van der Waals surface area contributed by atoms with Gasteiger partial charge in [-0.3, -0.25) is 5.10 Å². The summed E-state index contributed by atoms with van der Waals surface area (Å²) in [5.41, 5.74) is 0.222. The highest BCUT2D eigenvalue weighted by atomic mass is 35.5. The number of aromatic nitrogens is 4. The smallest absolute Gasteiger partial charge is 0.226 e. The minimum absolute atomic E-state index is 0.158. The van der Waals surface area contributed by atoms with Crippen molar-refractivity contribution in [3.63, 3.8) is 0 Å². The Morgan fingerprint density at radius 3 is 2.71 bits per heavy atom. The van der Waals surface area contributed by atoms with Crippen molar-refractivity contribution in [1.29, 1.82) is 0 Å². The van der Waals surface area contributed by atoms with Gasteiger partial charge in [0.25, 0.3) is 0 Å². The van der Waals surface area contributed by atoms with Gasteiger partial charge in [-0.05, 0) is 42.7 Å². The Kier molecular flexibility index (Phi) is 3.53. The van der Waals surface area contributed by atoms with Gasteiger partial charge in [0.05, 0.1) is 17.2 Å². The zero-order valence-corrected chi connectivity index (χ0v) is 13.0. The molecule has 6 nitrogen and oxygen atoms in total. The normalized spacial score (nSPS) is 20.6. The highest BCUT2D eigenvalue weighted by Gasteiger charge is 2.36. The molecule has 0 aliphatic heterocycles. The standard InChI is InChI=1S/C14H20ClN5O/c1-13(2)3-5-14(21,6-4-13)8-16-10-9-7-17-20-11(9)19-12(15)18-10/h7,21H,3-6,8H2,1-2H3,(H2,16,17,18,19,20). The Hall–Kier alpha value is -1.40. The summed E-state index contributed by atoms with van der Waals surface area (Å²) in [6, 6.07) is 0. The number of halogens is 1. The molecule has 1 aliphatic rings. The number of aliphatic hydroxyl groups is 1. The molecule has 2 heterocycles. The predicted molar refractivity (Wildman–Crippen MR) is 82.4 cm³/mol. The van der Waals surface area contributed by atoms with Crippen molar-refractivity contribution in [2.45, 2.75) is 45.1 Å². The van der Waals surface area contributed by atoms with Crippen LogP contribution in [0.3, 0.4) is 0 Å². The van der Waals surface area contributed by atoms with Gasteiger partial charge >= 0.3 is 0 Å². The van der Waals surface area contributed by atoms with Crippen molar-refractivity contribution in [3.05, 3.63) is 11.5 Å². The number of hydrogen-bond donors (Lipinski definition) is 3. The lowest BCUT2D eigenvalue weighted by Crippen LogP contribution is -2.42. The Morgan fingerprint density at radius 2 is 2.00 bits per heavy atom. The number of H-pyrrole nitrogens is 1. The summed E-state index contributed by atoms with van der Waals surface area (Å²) < 4.78 is 0. The van der Waals surface area contributed by atoms with Crippen molar-refractivity contribution < 1.29 is 5.11 Å². The Bertz CT molecular complexity index is 644. The van der Waals surface area contributed by atoms with Crippen LogP contribution in [-0.4, -0.2) is 37.4 Å². The highest BCUT2D eigenvalue weighted by Crippen LogP contribution is 2.40. The molecule has 2 aromatic heterocycles. The summed E-state index contributed by atoms with van der Waals surface area (Å²) in [4.78, 5) is 8.25. The zero-order valence-electron chi connectivity index (χ0n) is 12.3. The highest BCUT2D eigenvalue weighted by molar-refractivity contribution is 6.28. The lowest BCUT2D eigenvalue weighted by Gasteiger charge is -2.40. The second-order valence-corrected chi connectivity index (χ2v) is 7.05. The lowest BCUT2D eigenvalue weighted by molar-refractivity contribution is -0.0145. The fourth-order valence-electron chi connectivity index (χ4n) is 2.76. The average Bonchev–Trinajstić information content (AvgIpc) is 2.88. The third-order valence-corrected chi connectivity index (χ3v) is 4.57. The van der Waals surface area contributed by atoms with Gasteiger partial charge in [0, 0.05) is 6.54 Å². The molecule has 0 saturated heterocycles. The third-order valence-electron chi connectivity index (χ3n) is 4.40. The molecule has 2 aromatic rings. The Morgan fingerprint density at radius 1 is 1.29 bits per heavy atom. The molecule has 0 atom stereocenters. The van der Waals surface area contributed by atoms with Crippen LogP contribution in [0.5, 0.6) is 0 Å². The van der Waals surface area contributed by atoms with Crippen LogP contribution >= 0.6 is 11.6 Å². The van der Waals surface area contributed by atoms with Crippen molar-refractivity contribution in [2.75, 3.05) is 11.9 Å². The largest absolute Gasteiger partial charge is 0.388 e. The van der Waals surface area contributed by atoms with Crippen molar-refractivity contribution in [2.24, 2.45) is 5.41 Å². The molecular weight excluding hydrogens is 290 g/mol. The molecule has 0 spiro atoms. The number of nitrogens with zero attached hydrogens (tertiary/aromatic N) is 3. The van der Waals surface area contributed by atoms with Gasteiger partial charge in [-0.25, -0.2) is 0 Å². The van der Waals surface area contributed by atoms with Crippen LogP contribution in [0.15, 0.2) is 6.20 Å². The quantitative estimate of drug-likeness (QED) is 0.759. The second-order valence-electron chi connectivity index (χ2n) is 6.72. The van der Waals surface area contributed by atoms with Crippen LogP contribution in [0.1, 0.15) is 39.5 Å². The maximum atomic E-state index is 10.7. The summed E-state index contributed by atoms with van der Waals surface area (Å²) >= 11 is 5.90. The number of rotatable bonds is 3. The molecule has 1 saturated carbocycles. The molecule has 0 aromatic carbocycles. The van der Waals surface area contributed by atoms with Crippen LogP contribution in [0.25, 0.3) is 11.0 Å². The first-order valence-electron chi connectivity index (χ1n) is 7.20. The summed E-state index contributed by atoms with van der Waals surface area (Å²) in [6.45, 7) is 4.95. The van der Waals surface area contributed by atoms with Crippen LogP contribution < -0.4 is 5.32 Å². The molecule has 3 N–H and O–H groups in total. The van der Waals surface area contributed by atoms with Crippen LogP contribution in [0.4, 0.5) is 5.82 Å². The average molecular weight is 310 g/mol. The second kappa shape index (κ2) is 5.10. The van der Waals surface area contributed by atoms with E-state index in [2.05, 4.69) is 39.3 Å². The van der Waals surface area contributed by atoms with Gasteiger partial charge in [0.15, 0.2) is 5.65 Å². The van der Waals surface area contributed by atoms with E-state index in [9.17, 15) is 5.11 Å². The van der Waals surface area contributed by atoms with Gasteiger partial charge in [0.2, 0.25) is 5.28 Å². The van der Waals surface area contributed by atoms with E-state index in [0.717, 1.165) is 31.1 Å². The molecule has 1 fully saturated rings. The van der Waals surface area contributed by atoms with Crippen molar-refractivity contribution in [1.82, 2.24) is 20.2 Å². The first-order valence-corrected chi connectivity index (χ1v) is 7.58. The monoisotopic (exact) mass is 309 g/mol. The van der Waals surface area contributed by atoms with Crippen LogP contribution in [0.2, 0.25) is 5.28 Å². The number of anilines is 1. The van der Waals surface area contributed by atoms with Gasteiger partial charge in [0.1, 0.15) is 5.82 Å². The molecule has 21 heavy (non-hydrogen) atoms. The fraction of sp³-hybridized carbons (Fsp3) is 0.643. The Labute approximate surface area is 128 Å². The van der Waals surface area contributed by atoms with E-state index in [1.165, 1.54) is 0 Å². The van der Waals surface area contributed by atoms with Crippen LogP contribution in [0, 0.1) is 5.41 Å². The van der Waals surface area contributed by atoms with E-state index < -0.39 is 5.60 Å². The lowest BCUT2D eigenvalue weighted by atomic mass is 9.71. The first-order chi connectivity index (χ1) is 9.87. The maximum absolute atomic E-state index is 10.7. The maximum Gasteiger partial charge on any atom is 0.226 e. The zero-order chi connectivity index (χ0) is 15.1. The van der Waals surface area contributed by atoms with Crippen molar-refractivity contribution in [3.8, 4) is 0 Å². The van der Waals surface area contributed by atoms with E-state index in [4.69, 9.17) is 11.6 Å². The van der Waals surface area contributed by atoms with Crippen molar-refractivity contribution >= 4 is 28.5 Å². The van der Waals surface area contributed by atoms with E-state index in [0.29, 0.717) is 23.4 Å². The molecule has 114 valence electrons. The van der Waals surface area contributed by atoms with E-state index in [1.807, 2.05) is 0 Å². The van der Waals surface area contributed by atoms with Gasteiger partial charge in [-0.1, -0.05) is 13.8 Å². The number of hydrogen-bond acceptors (Lipinski definition) is 5. The van der Waals surface area contributed by atoms with E-state index in [-0.39, 0.29) is 5.28 Å². The molecular formula is C14H20ClN5O. The topological polar surface area (TPSA) is 86.7 Å². The molecule has 0 radical (unpaired) electrons. The summed E-state index contributed by atoms with van der Waals surface area (Å²) in [6.07, 6.45) is 5.29. The SMILES string of the molecule is CC1(C)CCC(O)(CNc2nc(Cl)nc3[nH]ncc23)CC1. The molecule has 7 heteroatoms. The minimum Gasteiger partial charge on any atom is -0.388 e. The summed E-state index contributed by atoms with van der Waals surface area (Å²) in [7, 11) is 0. The first kappa shape index (κ1) is 14.5. The molecule has 1 aliphatic carbocycles. The molecule has 0 amide bonds. The molecule has 3 rings (SSSR count). The summed E-state index contributed by atoms with van der Waals surface area (Å²) in [5.74, 6) is 0.608. The predicted octanol–water partition coefficient (Wildman–Crippen LogP) is 2.75. The van der Waals surface area contributed by atoms with Gasteiger partial charge < -0.3 is 10.4 Å². The minimum atomic E-state index is -0.691. The number of aromatic amines is 1. The summed E-state index contributed by atoms with van der Waals surface area (Å²) in [5, 5.41) is 21.6. The number of nitrogens with one attached hydrogen (secondary N) is 2. The number of fused-ring (bicyclic) bond motifs is 1. The van der Waals surface area contributed by atoms with Gasteiger partial charge in [-0.2, -0.15) is 15.1 Å². The molecule has 0 unspecified atom stereocenters. The van der Waals surface area contributed by atoms with Crippen LogP contribution in [-0.2, 0) is 0 Å². The van der Waals surface area contributed by atoms with Gasteiger partial charge in [-0.15, -0.1) is 0 Å². The van der Waals surface area contributed by atoms with E-state index in [1.54, 1.807) is 6.20 Å². The van der Waals surface area contributed by atoms with E-state index >= 15 is 0 Å². The Balaban J connectivity index is 1.73. The third kappa shape index (κ3) is 3.11. The fourth-order valence-corrected chi connectivity index (χ4v) is 2.93.